The predicted octanol–water partition coefficient (Wildman–Crippen LogP) is 3.89. The van der Waals surface area contributed by atoms with Crippen molar-refractivity contribution in [3.63, 3.8) is 0 Å². The molecule has 0 saturated carbocycles. The Morgan fingerprint density at radius 1 is 1.29 bits per heavy atom. The number of nitro groups is 1. The Morgan fingerprint density at radius 3 is 2.71 bits per heavy atom. The van der Waals surface area contributed by atoms with Crippen molar-refractivity contribution < 1.29 is 9.66 Å². The van der Waals surface area contributed by atoms with Gasteiger partial charge in [0.1, 0.15) is 10.8 Å². The summed E-state index contributed by atoms with van der Waals surface area (Å²) < 4.78 is 5.19. The molecular formula is C15H15ClN2O3. The molecule has 0 heterocycles. The highest BCUT2D eigenvalue weighted by Crippen LogP contribution is 2.27. The number of rotatable bonds is 5. The first kappa shape index (κ1) is 15.1. The van der Waals surface area contributed by atoms with Gasteiger partial charge in [-0.3, -0.25) is 10.1 Å². The minimum Gasteiger partial charge on any atom is -0.497 e. The summed E-state index contributed by atoms with van der Waals surface area (Å²) in [5.74, 6) is 0.765. The van der Waals surface area contributed by atoms with E-state index in [4.69, 9.17) is 16.3 Å². The van der Waals surface area contributed by atoms with Crippen LogP contribution in [0.15, 0.2) is 42.5 Å². The number of nitro benzene ring substituents is 1. The third-order valence-electron chi connectivity index (χ3n) is 3.12. The summed E-state index contributed by atoms with van der Waals surface area (Å²) in [6.07, 6.45) is 0. The van der Waals surface area contributed by atoms with Gasteiger partial charge in [0.25, 0.3) is 5.69 Å². The van der Waals surface area contributed by atoms with E-state index in [1.807, 2.05) is 36.2 Å². The van der Waals surface area contributed by atoms with Gasteiger partial charge in [0.2, 0.25) is 0 Å². The molecule has 0 fully saturated rings. The molecule has 2 aromatic carbocycles. The van der Waals surface area contributed by atoms with Crippen molar-refractivity contribution in [3.05, 3.63) is 63.2 Å². The van der Waals surface area contributed by atoms with Crippen molar-refractivity contribution in [1.82, 2.24) is 0 Å². The van der Waals surface area contributed by atoms with E-state index in [0.29, 0.717) is 6.54 Å². The van der Waals surface area contributed by atoms with E-state index in [-0.39, 0.29) is 10.7 Å². The Balaban J connectivity index is 2.21. The third-order valence-corrected chi connectivity index (χ3v) is 3.44. The number of ether oxygens (including phenoxy) is 1. The molecule has 0 amide bonds. The topological polar surface area (TPSA) is 55.6 Å². The highest BCUT2D eigenvalue weighted by molar-refractivity contribution is 6.32. The highest BCUT2D eigenvalue weighted by atomic mass is 35.5. The van der Waals surface area contributed by atoms with Crippen LogP contribution in [-0.4, -0.2) is 19.1 Å². The second kappa shape index (κ2) is 6.45. The molecule has 0 aromatic heterocycles. The molecule has 6 heteroatoms. The van der Waals surface area contributed by atoms with Gasteiger partial charge in [-0.15, -0.1) is 0 Å². The van der Waals surface area contributed by atoms with Crippen molar-refractivity contribution in [2.75, 3.05) is 19.1 Å². The van der Waals surface area contributed by atoms with Gasteiger partial charge >= 0.3 is 0 Å². The fraction of sp³-hybridized carbons (Fsp3) is 0.200. The monoisotopic (exact) mass is 306 g/mol. The fourth-order valence-electron chi connectivity index (χ4n) is 2.01. The molecular weight excluding hydrogens is 292 g/mol. The van der Waals surface area contributed by atoms with E-state index < -0.39 is 4.92 Å². The maximum Gasteiger partial charge on any atom is 0.288 e. The number of halogens is 1. The van der Waals surface area contributed by atoms with Gasteiger partial charge in [-0.05, 0) is 23.8 Å². The molecule has 2 aromatic rings. The van der Waals surface area contributed by atoms with Crippen LogP contribution in [0.3, 0.4) is 0 Å². The van der Waals surface area contributed by atoms with Crippen molar-refractivity contribution >= 4 is 23.0 Å². The number of benzene rings is 2. The van der Waals surface area contributed by atoms with Crippen LogP contribution in [0.1, 0.15) is 5.56 Å². The maximum atomic E-state index is 10.9. The van der Waals surface area contributed by atoms with Crippen LogP contribution in [0.4, 0.5) is 11.4 Å². The predicted molar refractivity (Wildman–Crippen MR) is 83.2 cm³/mol. The lowest BCUT2D eigenvalue weighted by Crippen LogP contribution is -2.16. The minimum atomic E-state index is -0.475. The Labute approximate surface area is 127 Å². The van der Waals surface area contributed by atoms with Crippen LogP contribution in [0, 0.1) is 10.1 Å². The molecule has 0 radical (unpaired) electrons. The summed E-state index contributed by atoms with van der Waals surface area (Å²) in [7, 11) is 3.52. The first-order chi connectivity index (χ1) is 10.0. The van der Waals surface area contributed by atoms with Crippen LogP contribution < -0.4 is 9.64 Å². The zero-order chi connectivity index (χ0) is 15.4. The zero-order valence-corrected chi connectivity index (χ0v) is 12.5. The van der Waals surface area contributed by atoms with Crippen LogP contribution in [0.25, 0.3) is 0 Å². The molecule has 5 nitrogen and oxygen atoms in total. The fourth-order valence-corrected chi connectivity index (χ4v) is 2.20. The molecule has 0 spiro atoms. The van der Waals surface area contributed by atoms with Crippen LogP contribution in [-0.2, 0) is 6.54 Å². The van der Waals surface area contributed by atoms with Gasteiger partial charge in [-0.25, -0.2) is 0 Å². The summed E-state index contributed by atoms with van der Waals surface area (Å²) in [6.45, 7) is 0.533. The Morgan fingerprint density at radius 2 is 2.05 bits per heavy atom. The average Bonchev–Trinajstić information content (AvgIpc) is 2.49. The first-order valence-electron chi connectivity index (χ1n) is 6.29. The van der Waals surface area contributed by atoms with Gasteiger partial charge in [0, 0.05) is 31.4 Å². The molecule has 0 aliphatic heterocycles. The van der Waals surface area contributed by atoms with E-state index in [9.17, 15) is 10.1 Å². The molecule has 2 rings (SSSR count). The summed E-state index contributed by atoms with van der Waals surface area (Å²) in [6, 6.07) is 12.5. The molecule has 110 valence electrons. The standard InChI is InChI=1S/C15H15ClN2O3/c1-17(12-4-3-5-13(9-12)21-2)10-11-6-7-14(16)15(8-11)18(19)20/h3-9H,10H2,1-2H3. The van der Waals surface area contributed by atoms with Crippen LogP contribution in [0.5, 0.6) is 5.75 Å². The molecule has 0 unspecified atom stereocenters. The van der Waals surface area contributed by atoms with Gasteiger partial charge in [-0.2, -0.15) is 0 Å². The van der Waals surface area contributed by atoms with Crippen LogP contribution in [0.2, 0.25) is 5.02 Å². The van der Waals surface area contributed by atoms with E-state index in [0.717, 1.165) is 17.0 Å². The van der Waals surface area contributed by atoms with E-state index in [1.165, 1.54) is 6.07 Å². The molecule has 0 aliphatic carbocycles. The first-order valence-corrected chi connectivity index (χ1v) is 6.67. The van der Waals surface area contributed by atoms with E-state index in [2.05, 4.69) is 0 Å². The number of methoxy groups -OCH3 is 1. The summed E-state index contributed by atoms with van der Waals surface area (Å²) in [5.41, 5.74) is 1.71. The Kier molecular flexibility index (Phi) is 4.65. The van der Waals surface area contributed by atoms with Gasteiger partial charge in [-0.1, -0.05) is 23.7 Å². The Bertz CT molecular complexity index is 661. The van der Waals surface area contributed by atoms with Crippen molar-refractivity contribution in [2.24, 2.45) is 0 Å². The minimum absolute atomic E-state index is 0.0757. The SMILES string of the molecule is COc1cccc(N(C)Cc2ccc(Cl)c([N+](=O)[O-])c2)c1. The lowest BCUT2D eigenvalue weighted by Gasteiger charge is -2.20. The number of anilines is 1. The van der Waals surface area contributed by atoms with Crippen molar-refractivity contribution in [1.29, 1.82) is 0 Å². The molecule has 0 N–H and O–H groups in total. The highest BCUT2D eigenvalue weighted by Gasteiger charge is 2.13. The lowest BCUT2D eigenvalue weighted by molar-refractivity contribution is -0.384. The molecule has 0 atom stereocenters. The normalized spacial score (nSPS) is 10.2. The zero-order valence-electron chi connectivity index (χ0n) is 11.7. The third kappa shape index (κ3) is 3.64. The number of hydrogen-bond acceptors (Lipinski definition) is 4. The maximum absolute atomic E-state index is 10.9. The van der Waals surface area contributed by atoms with Crippen molar-refractivity contribution in [2.45, 2.75) is 6.54 Å². The van der Waals surface area contributed by atoms with E-state index in [1.54, 1.807) is 19.2 Å². The summed E-state index contributed by atoms with van der Waals surface area (Å²) >= 11 is 5.81. The Hall–Kier alpha value is -2.27. The van der Waals surface area contributed by atoms with Gasteiger partial charge < -0.3 is 9.64 Å². The lowest BCUT2D eigenvalue weighted by atomic mass is 10.2. The summed E-state index contributed by atoms with van der Waals surface area (Å²) in [5, 5.41) is 11.1. The van der Waals surface area contributed by atoms with Crippen LogP contribution >= 0.6 is 11.6 Å². The van der Waals surface area contributed by atoms with Gasteiger partial charge in [0.05, 0.1) is 12.0 Å². The number of nitrogens with zero attached hydrogens (tertiary/aromatic N) is 2. The quantitative estimate of drug-likeness (QED) is 0.621. The number of hydrogen-bond donors (Lipinski definition) is 0. The second-order valence-electron chi connectivity index (χ2n) is 4.60. The van der Waals surface area contributed by atoms with Crippen molar-refractivity contribution in [3.8, 4) is 5.75 Å². The molecule has 0 bridgehead atoms. The second-order valence-corrected chi connectivity index (χ2v) is 5.01. The van der Waals surface area contributed by atoms with E-state index >= 15 is 0 Å². The molecule has 0 aliphatic rings. The average molecular weight is 307 g/mol. The van der Waals surface area contributed by atoms with Gasteiger partial charge in [0.15, 0.2) is 0 Å². The molecule has 0 saturated heterocycles. The smallest absolute Gasteiger partial charge is 0.288 e. The largest absolute Gasteiger partial charge is 0.497 e. The molecule has 21 heavy (non-hydrogen) atoms. The summed E-state index contributed by atoms with van der Waals surface area (Å²) in [4.78, 5) is 12.4.